The van der Waals surface area contributed by atoms with Gasteiger partial charge in [0.15, 0.2) is 0 Å². The molecule has 1 unspecified atom stereocenters. The minimum atomic E-state index is -2.83. The molecule has 1 aromatic rings. The molecule has 0 radical (unpaired) electrons. The van der Waals surface area contributed by atoms with Gasteiger partial charge >= 0.3 is 6.61 Å². The van der Waals surface area contributed by atoms with Crippen LogP contribution < -0.4 is 10.1 Å². The van der Waals surface area contributed by atoms with Crippen molar-refractivity contribution in [3.8, 4) is 5.75 Å². The molecule has 1 heterocycles. The molecule has 1 aromatic carbocycles. The van der Waals surface area contributed by atoms with E-state index >= 15 is 0 Å². The van der Waals surface area contributed by atoms with Crippen LogP contribution in [0, 0.1) is 5.92 Å². The molecular weight excluding hydrogens is 394 g/mol. The molecule has 1 amide bonds. The van der Waals surface area contributed by atoms with Crippen LogP contribution in [0.2, 0.25) is 0 Å². The van der Waals surface area contributed by atoms with Gasteiger partial charge in [-0.1, -0.05) is 22.9 Å². The minimum Gasteiger partial charge on any atom is -0.434 e. The summed E-state index contributed by atoms with van der Waals surface area (Å²) in [6.45, 7) is 2.14. The first-order valence-electron chi connectivity index (χ1n) is 8.70. The first-order chi connectivity index (χ1) is 12.0. The fourth-order valence-electron chi connectivity index (χ4n) is 3.16. The van der Waals surface area contributed by atoms with Crippen molar-refractivity contribution in [1.82, 2.24) is 10.2 Å². The molecule has 4 nitrogen and oxygen atoms in total. The molecule has 1 aliphatic rings. The largest absolute Gasteiger partial charge is 0.434 e. The molecule has 0 bridgehead atoms. The van der Waals surface area contributed by atoms with Gasteiger partial charge in [-0.05, 0) is 49.9 Å². The third-order valence-corrected chi connectivity index (χ3v) is 4.79. The quantitative estimate of drug-likeness (QED) is 0.688. The molecule has 0 aromatic heterocycles. The number of benzene rings is 1. The smallest absolute Gasteiger partial charge is 0.387 e. The van der Waals surface area contributed by atoms with Crippen LogP contribution in [0.25, 0.3) is 0 Å². The summed E-state index contributed by atoms with van der Waals surface area (Å²) in [5, 5.41) is 2.99. The van der Waals surface area contributed by atoms with E-state index < -0.39 is 6.61 Å². The highest BCUT2D eigenvalue weighted by Gasteiger charge is 2.22. The van der Waals surface area contributed by atoms with Crippen molar-refractivity contribution in [2.24, 2.45) is 5.92 Å². The summed E-state index contributed by atoms with van der Waals surface area (Å²) in [5.41, 5.74) is 0.741. The highest BCUT2D eigenvalue weighted by Crippen LogP contribution is 2.27. The van der Waals surface area contributed by atoms with Crippen molar-refractivity contribution < 1.29 is 18.3 Å². The molecule has 7 heteroatoms. The van der Waals surface area contributed by atoms with Gasteiger partial charge in [-0.3, -0.25) is 9.69 Å². The van der Waals surface area contributed by atoms with Gasteiger partial charge in [-0.15, -0.1) is 0 Å². The van der Waals surface area contributed by atoms with Gasteiger partial charge in [0.25, 0.3) is 0 Å². The molecule has 1 atom stereocenters. The van der Waals surface area contributed by atoms with Gasteiger partial charge in [0.1, 0.15) is 5.75 Å². The monoisotopic (exact) mass is 418 g/mol. The molecule has 1 fully saturated rings. The van der Waals surface area contributed by atoms with Gasteiger partial charge in [-0.2, -0.15) is 8.78 Å². The fraction of sp³-hybridized carbons (Fsp3) is 0.611. The van der Waals surface area contributed by atoms with Crippen molar-refractivity contribution in [3.05, 3.63) is 28.2 Å². The van der Waals surface area contributed by atoms with E-state index in [9.17, 15) is 13.6 Å². The maximum Gasteiger partial charge on any atom is 0.387 e. The van der Waals surface area contributed by atoms with Crippen molar-refractivity contribution >= 4 is 21.8 Å². The zero-order valence-corrected chi connectivity index (χ0v) is 16.0. The molecule has 1 aliphatic heterocycles. The molecule has 0 aliphatic carbocycles. The Kier molecular flexibility index (Phi) is 8.09. The minimum absolute atomic E-state index is 0.0965. The second-order valence-corrected chi connectivity index (χ2v) is 7.34. The maximum absolute atomic E-state index is 12.6. The number of nitrogens with zero attached hydrogens (tertiary/aromatic N) is 1. The molecule has 1 N–H and O–H groups in total. The van der Waals surface area contributed by atoms with Gasteiger partial charge in [0.05, 0.1) is 0 Å². The van der Waals surface area contributed by atoms with Crippen molar-refractivity contribution in [3.63, 3.8) is 0 Å². The predicted molar refractivity (Wildman–Crippen MR) is 96.7 cm³/mol. The Labute approximate surface area is 156 Å². The molecular formula is C18H25BrF2N2O2. The van der Waals surface area contributed by atoms with Crippen LogP contribution in [-0.4, -0.2) is 37.1 Å². The number of piperidine rings is 1. The zero-order chi connectivity index (χ0) is 18.2. The van der Waals surface area contributed by atoms with E-state index in [1.165, 1.54) is 0 Å². The first-order valence-corrected chi connectivity index (χ1v) is 9.49. The average Bonchev–Trinajstić information content (AvgIpc) is 2.56. The molecule has 0 saturated carbocycles. The van der Waals surface area contributed by atoms with E-state index in [4.69, 9.17) is 0 Å². The highest BCUT2D eigenvalue weighted by molar-refractivity contribution is 9.10. The molecule has 140 valence electrons. The molecule has 2 rings (SSSR count). The molecule has 1 saturated heterocycles. The van der Waals surface area contributed by atoms with Crippen molar-refractivity contribution in [2.45, 2.75) is 45.8 Å². The lowest BCUT2D eigenvalue weighted by molar-refractivity contribution is -0.121. The summed E-state index contributed by atoms with van der Waals surface area (Å²) in [7, 11) is 0. The van der Waals surface area contributed by atoms with Crippen LogP contribution in [-0.2, 0) is 11.3 Å². The van der Waals surface area contributed by atoms with Crippen LogP contribution in [0.3, 0.4) is 0 Å². The van der Waals surface area contributed by atoms with E-state index in [1.807, 2.05) is 13.0 Å². The number of amides is 1. The molecule has 0 spiro atoms. The lowest BCUT2D eigenvalue weighted by atomic mass is 9.97. The third-order valence-electron chi connectivity index (χ3n) is 4.30. The number of hydrogen-bond acceptors (Lipinski definition) is 3. The van der Waals surface area contributed by atoms with E-state index in [1.54, 1.807) is 12.1 Å². The van der Waals surface area contributed by atoms with Crippen molar-refractivity contribution in [2.75, 3.05) is 19.6 Å². The molecule has 25 heavy (non-hydrogen) atoms. The van der Waals surface area contributed by atoms with Crippen LogP contribution in [0.5, 0.6) is 5.75 Å². The maximum atomic E-state index is 12.6. The summed E-state index contributed by atoms with van der Waals surface area (Å²) >= 11 is 3.39. The number of alkyl halides is 2. The first kappa shape index (κ1) is 20.1. The standard InChI is InChI=1S/C18H25BrF2N2O2/c1-2-4-17(24)22-10-13-5-3-8-23(11-13)12-14-9-15(19)6-7-16(14)25-18(20)21/h6-7,9,13,18H,2-5,8,10-12H2,1H3,(H,22,24). The summed E-state index contributed by atoms with van der Waals surface area (Å²) in [4.78, 5) is 13.9. The van der Waals surface area contributed by atoms with Gasteiger partial charge in [0, 0.05) is 36.1 Å². The average molecular weight is 419 g/mol. The van der Waals surface area contributed by atoms with E-state index in [2.05, 4.69) is 30.9 Å². The van der Waals surface area contributed by atoms with Crippen molar-refractivity contribution in [1.29, 1.82) is 0 Å². The van der Waals surface area contributed by atoms with Gasteiger partial charge < -0.3 is 10.1 Å². The van der Waals surface area contributed by atoms with Crippen LogP contribution >= 0.6 is 15.9 Å². The summed E-state index contributed by atoms with van der Waals surface area (Å²) in [5.74, 6) is 0.706. The number of hydrogen-bond donors (Lipinski definition) is 1. The number of ether oxygens (including phenoxy) is 1. The number of nitrogens with one attached hydrogen (secondary N) is 1. The number of carbonyl (C=O) groups excluding carboxylic acids is 1. The second-order valence-electron chi connectivity index (χ2n) is 6.43. The van der Waals surface area contributed by atoms with Crippen LogP contribution in [0.15, 0.2) is 22.7 Å². The number of halogens is 3. The van der Waals surface area contributed by atoms with E-state index in [-0.39, 0.29) is 11.7 Å². The third kappa shape index (κ3) is 6.90. The fourth-order valence-corrected chi connectivity index (χ4v) is 3.57. The van der Waals surface area contributed by atoms with Crippen LogP contribution in [0.1, 0.15) is 38.2 Å². The summed E-state index contributed by atoms with van der Waals surface area (Å²) in [6.07, 6.45) is 3.51. The Hall–Kier alpha value is -1.21. The Morgan fingerprint density at radius 2 is 2.28 bits per heavy atom. The topological polar surface area (TPSA) is 41.6 Å². The zero-order valence-electron chi connectivity index (χ0n) is 14.4. The summed E-state index contributed by atoms with van der Waals surface area (Å²) in [6, 6.07) is 5.09. The highest BCUT2D eigenvalue weighted by atomic mass is 79.9. The Morgan fingerprint density at radius 1 is 1.48 bits per heavy atom. The van der Waals surface area contributed by atoms with E-state index in [0.29, 0.717) is 25.4 Å². The lowest BCUT2D eigenvalue weighted by Crippen LogP contribution is -2.40. The number of rotatable bonds is 8. The van der Waals surface area contributed by atoms with E-state index in [0.717, 1.165) is 42.4 Å². The number of carbonyl (C=O) groups is 1. The number of likely N-dealkylation sites (tertiary alicyclic amines) is 1. The summed E-state index contributed by atoms with van der Waals surface area (Å²) < 4.78 is 30.7. The SMILES string of the molecule is CCCC(=O)NCC1CCCN(Cc2cc(Br)ccc2OC(F)F)C1. The van der Waals surface area contributed by atoms with Gasteiger partial charge in [0.2, 0.25) is 5.91 Å². The predicted octanol–water partition coefficient (Wildman–Crippen LogP) is 4.18. The second kappa shape index (κ2) is 10.1. The normalized spacial score (nSPS) is 18.4. The Bertz CT molecular complexity index is 572. The van der Waals surface area contributed by atoms with Crippen LogP contribution in [0.4, 0.5) is 8.78 Å². The van der Waals surface area contributed by atoms with Gasteiger partial charge in [-0.25, -0.2) is 0 Å². The lowest BCUT2D eigenvalue weighted by Gasteiger charge is -2.33. The Morgan fingerprint density at radius 3 is 3.00 bits per heavy atom. The Balaban J connectivity index is 1.93.